The van der Waals surface area contributed by atoms with Gasteiger partial charge in [-0.1, -0.05) is 32.9 Å². The predicted molar refractivity (Wildman–Crippen MR) is 126 cm³/mol. The van der Waals surface area contributed by atoms with Gasteiger partial charge in [0.05, 0.1) is 24.7 Å². The Balaban J connectivity index is 1.43. The first-order valence-corrected chi connectivity index (χ1v) is 11.6. The van der Waals surface area contributed by atoms with Crippen LogP contribution in [0.3, 0.4) is 0 Å². The lowest BCUT2D eigenvalue weighted by Crippen LogP contribution is -2.25. The average molecular weight is 450 g/mol. The molecule has 5 rings (SSSR count). The number of carbonyl (C=O) groups excluding carboxylic acids is 1. The zero-order valence-electron chi connectivity index (χ0n) is 19.4. The Labute approximate surface area is 193 Å². The van der Waals surface area contributed by atoms with Crippen LogP contribution in [-0.4, -0.2) is 40.1 Å². The fraction of sp³-hybridized carbons (Fsp3) is 0.444. The van der Waals surface area contributed by atoms with E-state index in [1.165, 1.54) is 0 Å². The summed E-state index contributed by atoms with van der Waals surface area (Å²) in [5.74, 6) is 1.68. The second kappa shape index (κ2) is 7.89. The zero-order chi connectivity index (χ0) is 23.4. The van der Waals surface area contributed by atoms with Crippen LogP contribution in [0.5, 0.6) is 11.5 Å². The minimum atomic E-state index is -0.820. The van der Waals surface area contributed by atoms with E-state index in [9.17, 15) is 15.0 Å². The number of fused-ring (bicyclic) bond motifs is 2. The second-order valence-electron chi connectivity index (χ2n) is 10.4. The second-order valence-corrected chi connectivity index (χ2v) is 10.4. The number of aliphatic hydroxyl groups is 2. The fourth-order valence-electron chi connectivity index (χ4n) is 4.92. The van der Waals surface area contributed by atoms with E-state index >= 15 is 0 Å². The smallest absolute Gasteiger partial charge is 0.231 e. The number of aromatic nitrogens is 1. The standard InChI is InChI=1S/C27H31NO5/c1-26(2,3)24-12-18-10-17(4-6-21(18)28(24)14-20(30)15-29)11-25(31)27(8-9-27)19-5-7-22-23(13-19)33-16-32-22/h4-7,10,12-13,20,29-30H,8-9,11,14-16H2,1-3H3. The molecule has 1 unspecified atom stereocenters. The van der Waals surface area contributed by atoms with Crippen molar-refractivity contribution in [3.8, 4) is 11.5 Å². The van der Waals surface area contributed by atoms with E-state index in [2.05, 4.69) is 37.5 Å². The van der Waals surface area contributed by atoms with Gasteiger partial charge in [0.15, 0.2) is 11.5 Å². The largest absolute Gasteiger partial charge is 0.454 e. The first-order chi connectivity index (χ1) is 15.7. The van der Waals surface area contributed by atoms with Gasteiger partial charge in [0.1, 0.15) is 5.78 Å². The van der Waals surface area contributed by atoms with E-state index < -0.39 is 11.5 Å². The number of aliphatic hydroxyl groups excluding tert-OH is 2. The predicted octanol–water partition coefficient (Wildman–Crippen LogP) is 3.86. The van der Waals surface area contributed by atoms with E-state index in [0.717, 1.165) is 46.3 Å². The first-order valence-electron chi connectivity index (χ1n) is 11.6. The summed E-state index contributed by atoms with van der Waals surface area (Å²) < 4.78 is 13.0. The molecule has 1 aromatic heterocycles. The summed E-state index contributed by atoms with van der Waals surface area (Å²) in [5.41, 5.74) is 3.54. The molecule has 6 heteroatoms. The van der Waals surface area contributed by atoms with E-state index in [1.807, 2.05) is 30.3 Å². The Morgan fingerprint density at radius 1 is 1.09 bits per heavy atom. The summed E-state index contributed by atoms with van der Waals surface area (Å²) in [6.45, 7) is 6.68. The number of nitrogens with zero attached hydrogens (tertiary/aromatic N) is 1. The van der Waals surface area contributed by atoms with Gasteiger partial charge in [-0.15, -0.1) is 0 Å². The monoisotopic (exact) mass is 449 g/mol. The molecule has 2 N–H and O–H groups in total. The third kappa shape index (κ3) is 3.91. The van der Waals surface area contributed by atoms with Gasteiger partial charge in [0.2, 0.25) is 6.79 Å². The van der Waals surface area contributed by atoms with Gasteiger partial charge in [-0.25, -0.2) is 0 Å². The Hall–Kier alpha value is -2.83. The SMILES string of the molecule is CC(C)(C)c1cc2cc(CC(=O)C3(c4ccc5c(c4)OCO5)CC3)ccc2n1CC(O)CO. The van der Waals surface area contributed by atoms with E-state index in [-0.39, 0.29) is 24.6 Å². The molecule has 1 saturated carbocycles. The van der Waals surface area contributed by atoms with Crippen LogP contribution >= 0.6 is 0 Å². The summed E-state index contributed by atoms with van der Waals surface area (Å²) >= 11 is 0. The fourth-order valence-corrected chi connectivity index (χ4v) is 4.92. The molecule has 0 spiro atoms. The van der Waals surface area contributed by atoms with Crippen LogP contribution < -0.4 is 9.47 Å². The molecule has 2 heterocycles. The van der Waals surface area contributed by atoms with Crippen molar-refractivity contribution in [3.63, 3.8) is 0 Å². The summed E-state index contributed by atoms with van der Waals surface area (Å²) in [6.07, 6.45) is 1.27. The molecule has 0 amide bonds. The molecule has 6 nitrogen and oxygen atoms in total. The third-order valence-corrected chi connectivity index (χ3v) is 6.91. The van der Waals surface area contributed by atoms with Gasteiger partial charge >= 0.3 is 0 Å². The van der Waals surface area contributed by atoms with Gasteiger partial charge < -0.3 is 24.3 Å². The number of rotatable bonds is 7. The van der Waals surface area contributed by atoms with Crippen molar-refractivity contribution in [1.29, 1.82) is 0 Å². The van der Waals surface area contributed by atoms with Crippen molar-refractivity contribution < 1.29 is 24.5 Å². The molecular weight excluding hydrogens is 418 g/mol. The van der Waals surface area contributed by atoms with Gasteiger partial charge in [0, 0.05) is 28.4 Å². The highest BCUT2D eigenvalue weighted by Crippen LogP contribution is 2.51. The first kappa shape index (κ1) is 22.0. The number of Topliss-reactive ketones (excluding diaryl/α,β-unsaturated/α-hetero) is 1. The molecule has 1 atom stereocenters. The van der Waals surface area contributed by atoms with Gasteiger partial charge in [-0.2, -0.15) is 0 Å². The highest BCUT2D eigenvalue weighted by Gasteiger charge is 2.50. The Bertz CT molecular complexity index is 1220. The maximum Gasteiger partial charge on any atom is 0.231 e. The lowest BCUT2D eigenvalue weighted by atomic mass is 9.87. The van der Waals surface area contributed by atoms with Crippen molar-refractivity contribution in [2.24, 2.45) is 0 Å². The molecule has 3 aromatic rings. The molecule has 2 aromatic carbocycles. The van der Waals surface area contributed by atoms with Crippen molar-refractivity contribution in [2.75, 3.05) is 13.4 Å². The van der Waals surface area contributed by atoms with Gasteiger partial charge in [0.25, 0.3) is 0 Å². The quantitative estimate of drug-likeness (QED) is 0.573. The topological polar surface area (TPSA) is 80.9 Å². The molecule has 0 bridgehead atoms. The van der Waals surface area contributed by atoms with Crippen LogP contribution in [-0.2, 0) is 28.6 Å². The summed E-state index contributed by atoms with van der Waals surface area (Å²) in [6, 6.07) is 14.1. The van der Waals surface area contributed by atoms with E-state index in [4.69, 9.17) is 9.47 Å². The molecule has 1 aliphatic carbocycles. The molecule has 174 valence electrons. The van der Waals surface area contributed by atoms with Crippen molar-refractivity contribution in [1.82, 2.24) is 4.57 Å². The van der Waals surface area contributed by atoms with E-state index in [1.54, 1.807) is 0 Å². The lowest BCUT2D eigenvalue weighted by molar-refractivity contribution is -0.120. The molecule has 2 aliphatic rings. The molecule has 1 aliphatic heterocycles. The summed E-state index contributed by atoms with van der Waals surface area (Å²) in [5, 5.41) is 20.5. The number of benzene rings is 2. The number of ether oxygens (including phenoxy) is 2. The van der Waals surface area contributed by atoms with Crippen LogP contribution in [0.15, 0.2) is 42.5 Å². The number of ketones is 1. The Kier molecular flexibility index (Phi) is 5.26. The van der Waals surface area contributed by atoms with Gasteiger partial charge in [-0.3, -0.25) is 4.79 Å². The molecule has 0 radical (unpaired) electrons. The van der Waals surface area contributed by atoms with Crippen LogP contribution in [0, 0.1) is 0 Å². The Morgan fingerprint density at radius 2 is 1.85 bits per heavy atom. The molecule has 0 saturated heterocycles. The van der Waals surface area contributed by atoms with Crippen LogP contribution in [0.4, 0.5) is 0 Å². The molecule has 1 fully saturated rings. The van der Waals surface area contributed by atoms with Crippen molar-refractivity contribution in [2.45, 2.75) is 63.5 Å². The van der Waals surface area contributed by atoms with Crippen LogP contribution in [0.2, 0.25) is 0 Å². The average Bonchev–Trinajstić information content (AvgIpc) is 3.32. The minimum Gasteiger partial charge on any atom is -0.454 e. The maximum atomic E-state index is 13.4. The minimum absolute atomic E-state index is 0.123. The number of hydrogen-bond acceptors (Lipinski definition) is 5. The van der Waals surface area contributed by atoms with Crippen LogP contribution in [0.1, 0.15) is 50.4 Å². The highest BCUT2D eigenvalue weighted by atomic mass is 16.7. The van der Waals surface area contributed by atoms with Gasteiger partial charge in [-0.05, 0) is 54.3 Å². The van der Waals surface area contributed by atoms with Crippen molar-refractivity contribution >= 4 is 16.7 Å². The Morgan fingerprint density at radius 3 is 2.55 bits per heavy atom. The maximum absolute atomic E-state index is 13.4. The normalized spacial score (nSPS) is 17.4. The summed E-state index contributed by atoms with van der Waals surface area (Å²) in [7, 11) is 0. The summed E-state index contributed by atoms with van der Waals surface area (Å²) in [4.78, 5) is 13.4. The van der Waals surface area contributed by atoms with E-state index in [0.29, 0.717) is 18.7 Å². The highest BCUT2D eigenvalue weighted by molar-refractivity contribution is 5.95. The molecular formula is C27H31NO5. The van der Waals surface area contributed by atoms with Crippen molar-refractivity contribution in [3.05, 3.63) is 59.3 Å². The number of hydrogen-bond donors (Lipinski definition) is 2. The third-order valence-electron chi connectivity index (χ3n) is 6.91. The molecule has 33 heavy (non-hydrogen) atoms. The zero-order valence-corrected chi connectivity index (χ0v) is 19.4. The van der Waals surface area contributed by atoms with Crippen LogP contribution in [0.25, 0.3) is 10.9 Å². The number of carbonyl (C=O) groups is 1. The lowest BCUT2D eigenvalue weighted by Gasteiger charge is -2.23.